The van der Waals surface area contributed by atoms with Gasteiger partial charge in [0, 0.05) is 15.6 Å². The van der Waals surface area contributed by atoms with E-state index in [1.807, 2.05) is 24.3 Å². The van der Waals surface area contributed by atoms with E-state index in [9.17, 15) is 0 Å². The molecule has 1 aromatic heterocycles. The molecule has 5 nitrogen and oxygen atoms in total. The van der Waals surface area contributed by atoms with Gasteiger partial charge in [-0.25, -0.2) is 0 Å². The van der Waals surface area contributed by atoms with Crippen LogP contribution in [0.3, 0.4) is 0 Å². The Kier molecular flexibility index (Phi) is 4.69. The summed E-state index contributed by atoms with van der Waals surface area (Å²) < 4.78 is 15.9. The van der Waals surface area contributed by atoms with Gasteiger partial charge in [-0.2, -0.15) is 4.98 Å². The monoisotopic (exact) mass is 350 g/mol. The molecule has 0 aliphatic rings. The largest absolute Gasteiger partial charge is 0.497 e. The number of hydrogen-bond acceptors (Lipinski definition) is 5. The van der Waals surface area contributed by atoms with Crippen molar-refractivity contribution in [2.45, 2.75) is 6.61 Å². The van der Waals surface area contributed by atoms with Gasteiger partial charge in [0.1, 0.15) is 11.5 Å². The second-order valence-corrected chi connectivity index (χ2v) is 5.51. The molecule has 0 bridgehead atoms. The molecule has 1 heterocycles. The van der Waals surface area contributed by atoms with Gasteiger partial charge in [0.2, 0.25) is 5.82 Å². The van der Waals surface area contributed by atoms with Crippen LogP contribution in [0.4, 0.5) is 0 Å². The topological polar surface area (TPSA) is 57.4 Å². The molecule has 0 N–H and O–H groups in total. The lowest BCUT2D eigenvalue weighted by atomic mass is 10.2. The molecular formula is C16H12Cl2N2O3. The maximum Gasteiger partial charge on any atom is 0.264 e. The van der Waals surface area contributed by atoms with Crippen molar-refractivity contribution < 1.29 is 14.0 Å². The molecule has 118 valence electrons. The highest BCUT2D eigenvalue weighted by molar-refractivity contribution is 6.34. The molecule has 0 amide bonds. The summed E-state index contributed by atoms with van der Waals surface area (Å²) in [5, 5.41) is 4.93. The van der Waals surface area contributed by atoms with Gasteiger partial charge in [0.05, 0.1) is 7.11 Å². The van der Waals surface area contributed by atoms with E-state index < -0.39 is 0 Å². The number of hydrogen-bond donors (Lipinski definition) is 0. The van der Waals surface area contributed by atoms with Crippen LogP contribution < -0.4 is 9.47 Å². The standard InChI is InChI=1S/C16H12Cl2N2O3/c1-21-13-4-2-3-10(5-13)16-19-15(23-20-16)9-22-14-7-11(17)6-12(18)8-14/h2-8H,9H2,1H3. The minimum atomic E-state index is 0.119. The Morgan fingerprint density at radius 3 is 2.57 bits per heavy atom. The Hall–Kier alpha value is -2.24. The smallest absolute Gasteiger partial charge is 0.264 e. The van der Waals surface area contributed by atoms with Gasteiger partial charge >= 0.3 is 0 Å². The fraction of sp³-hybridized carbons (Fsp3) is 0.125. The second kappa shape index (κ2) is 6.89. The molecule has 3 rings (SSSR count). The van der Waals surface area contributed by atoms with Crippen LogP contribution in [0.2, 0.25) is 10.0 Å². The summed E-state index contributed by atoms with van der Waals surface area (Å²) in [5.74, 6) is 2.06. The first-order valence-corrected chi connectivity index (χ1v) is 7.45. The zero-order valence-electron chi connectivity index (χ0n) is 12.1. The normalized spacial score (nSPS) is 10.6. The van der Waals surface area contributed by atoms with Gasteiger partial charge < -0.3 is 14.0 Å². The third-order valence-corrected chi connectivity index (χ3v) is 3.43. The second-order valence-electron chi connectivity index (χ2n) is 4.64. The van der Waals surface area contributed by atoms with Gasteiger partial charge in [-0.15, -0.1) is 0 Å². The van der Waals surface area contributed by atoms with Gasteiger partial charge in [-0.1, -0.05) is 40.5 Å². The minimum absolute atomic E-state index is 0.119. The molecule has 3 aromatic rings. The van der Waals surface area contributed by atoms with Gasteiger partial charge in [0.15, 0.2) is 6.61 Å². The molecule has 23 heavy (non-hydrogen) atoms. The number of benzene rings is 2. The van der Waals surface area contributed by atoms with Crippen LogP contribution in [0.1, 0.15) is 5.89 Å². The molecule has 0 saturated heterocycles. The lowest BCUT2D eigenvalue weighted by molar-refractivity contribution is 0.243. The number of nitrogens with zero attached hydrogens (tertiary/aromatic N) is 2. The molecule has 0 aliphatic carbocycles. The SMILES string of the molecule is COc1cccc(-c2noc(COc3cc(Cl)cc(Cl)c3)n2)c1. The maximum absolute atomic E-state index is 5.92. The summed E-state index contributed by atoms with van der Waals surface area (Å²) in [6, 6.07) is 12.3. The van der Waals surface area contributed by atoms with E-state index in [1.165, 1.54) is 0 Å². The average Bonchev–Trinajstić information content (AvgIpc) is 3.01. The highest BCUT2D eigenvalue weighted by atomic mass is 35.5. The first kappa shape index (κ1) is 15.6. The van der Waals surface area contributed by atoms with E-state index >= 15 is 0 Å². The Labute approximate surface area is 142 Å². The van der Waals surface area contributed by atoms with Crippen molar-refractivity contribution in [1.29, 1.82) is 0 Å². The number of rotatable bonds is 5. The molecule has 0 fully saturated rings. The third-order valence-electron chi connectivity index (χ3n) is 2.99. The molecule has 0 saturated carbocycles. The van der Waals surface area contributed by atoms with E-state index in [2.05, 4.69) is 10.1 Å². The van der Waals surface area contributed by atoms with E-state index in [1.54, 1.807) is 25.3 Å². The molecule has 0 atom stereocenters. The van der Waals surface area contributed by atoms with E-state index in [4.69, 9.17) is 37.2 Å². The highest BCUT2D eigenvalue weighted by Crippen LogP contribution is 2.25. The van der Waals surface area contributed by atoms with Crippen LogP contribution in [0.25, 0.3) is 11.4 Å². The van der Waals surface area contributed by atoms with Crippen LogP contribution >= 0.6 is 23.2 Å². The predicted molar refractivity (Wildman–Crippen MR) is 87.1 cm³/mol. The van der Waals surface area contributed by atoms with Crippen molar-refractivity contribution in [3.05, 3.63) is 58.4 Å². The van der Waals surface area contributed by atoms with Crippen LogP contribution in [-0.4, -0.2) is 17.3 Å². The van der Waals surface area contributed by atoms with E-state index in [0.717, 1.165) is 11.3 Å². The average molecular weight is 351 g/mol. The van der Waals surface area contributed by atoms with Crippen molar-refractivity contribution in [3.63, 3.8) is 0 Å². The van der Waals surface area contributed by atoms with Crippen molar-refractivity contribution >= 4 is 23.2 Å². The molecule has 0 aliphatic heterocycles. The van der Waals surface area contributed by atoms with E-state index in [-0.39, 0.29) is 6.61 Å². The Bertz CT molecular complexity index is 800. The van der Waals surface area contributed by atoms with Crippen molar-refractivity contribution in [2.24, 2.45) is 0 Å². The number of aromatic nitrogens is 2. The summed E-state index contributed by atoms with van der Waals surface area (Å²) >= 11 is 11.8. The number of halogens is 2. The number of ether oxygens (including phenoxy) is 2. The molecule has 0 radical (unpaired) electrons. The summed E-state index contributed by atoms with van der Waals surface area (Å²) in [4.78, 5) is 4.29. The summed E-state index contributed by atoms with van der Waals surface area (Å²) in [5.41, 5.74) is 0.796. The Balaban J connectivity index is 1.71. The van der Waals surface area contributed by atoms with Gasteiger partial charge in [-0.05, 0) is 30.3 Å². The molecular weight excluding hydrogens is 339 g/mol. The van der Waals surface area contributed by atoms with Crippen molar-refractivity contribution in [3.8, 4) is 22.9 Å². The van der Waals surface area contributed by atoms with Gasteiger partial charge in [0.25, 0.3) is 5.89 Å². The van der Waals surface area contributed by atoms with Crippen LogP contribution in [0, 0.1) is 0 Å². The molecule has 0 spiro atoms. The first-order chi connectivity index (χ1) is 11.1. The maximum atomic E-state index is 5.92. The predicted octanol–water partition coefficient (Wildman–Crippen LogP) is 4.63. The lowest BCUT2D eigenvalue weighted by Crippen LogP contribution is -1.95. The molecule has 2 aromatic carbocycles. The fourth-order valence-corrected chi connectivity index (χ4v) is 2.46. The zero-order chi connectivity index (χ0) is 16.2. The van der Waals surface area contributed by atoms with Crippen LogP contribution in [-0.2, 0) is 6.61 Å². The van der Waals surface area contributed by atoms with E-state index in [0.29, 0.717) is 27.5 Å². The summed E-state index contributed by atoms with van der Waals surface area (Å²) in [6.07, 6.45) is 0. The van der Waals surface area contributed by atoms with Crippen LogP contribution in [0.5, 0.6) is 11.5 Å². The zero-order valence-corrected chi connectivity index (χ0v) is 13.6. The lowest BCUT2D eigenvalue weighted by Gasteiger charge is -2.04. The molecule has 0 unspecified atom stereocenters. The van der Waals surface area contributed by atoms with Crippen LogP contribution in [0.15, 0.2) is 47.0 Å². The number of methoxy groups -OCH3 is 1. The minimum Gasteiger partial charge on any atom is -0.497 e. The Morgan fingerprint density at radius 2 is 1.83 bits per heavy atom. The summed E-state index contributed by atoms with van der Waals surface area (Å²) in [6.45, 7) is 0.119. The van der Waals surface area contributed by atoms with Crippen molar-refractivity contribution in [2.75, 3.05) is 7.11 Å². The summed E-state index contributed by atoms with van der Waals surface area (Å²) in [7, 11) is 1.60. The van der Waals surface area contributed by atoms with Crippen molar-refractivity contribution in [1.82, 2.24) is 10.1 Å². The molecule has 7 heteroatoms. The Morgan fingerprint density at radius 1 is 1.04 bits per heavy atom. The third kappa shape index (κ3) is 3.94. The quantitative estimate of drug-likeness (QED) is 0.671. The highest BCUT2D eigenvalue weighted by Gasteiger charge is 2.10. The van der Waals surface area contributed by atoms with Gasteiger partial charge in [-0.3, -0.25) is 0 Å². The fourth-order valence-electron chi connectivity index (χ4n) is 1.95. The first-order valence-electron chi connectivity index (χ1n) is 6.70.